The summed E-state index contributed by atoms with van der Waals surface area (Å²) in [4.78, 5) is 80.9. The van der Waals surface area contributed by atoms with Crippen LogP contribution in [0, 0.1) is 22.7 Å². The molecule has 6 atom stereocenters. The van der Waals surface area contributed by atoms with E-state index in [1.165, 1.54) is 7.11 Å². The quantitative estimate of drug-likeness (QED) is 0.262. The summed E-state index contributed by atoms with van der Waals surface area (Å²) in [5.74, 6) is -2.71. The number of nitrogens with zero attached hydrogens (tertiary/aromatic N) is 1. The van der Waals surface area contributed by atoms with E-state index in [9.17, 15) is 28.8 Å². The van der Waals surface area contributed by atoms with E-state index in [4.69, 9.17) is 4.74 Å². The van der Waals surface area contributed by atoms with Crippen LogP contribution in [0.1, 0.15) is 93.4 Å². The zero-order chi connectivity index (χ0) is 32.3. The smallest absolute Gasteiger partial charge is 0.407 e. The van der Waals surface area contributed by atoms with Gasteiger partial charge in [0.15, 0.2) is 0 Å². The van der Waals surface area contributed by atoms with Crippen molar-refractivity contribution in [2.75, 3.05) is 13.7 Å². The fourth-order valence-electron chi connectivity index (χ4n) is 6.22. The standard InChI is InChI=1S/C31H51N5O7/c1-9-11-20(22(37)26(39)32-18-14-15-18)33-25(38)21-19-13-10-12-17(19)16-36(21)28(41)24(31(5,6)7)34-27(40)23(30(2,3)4)35-29(42)43-8/h17-21,23-24H,9-16H2,1-8H3,(H,32,39)(H,33,38)(H,34,40)(H,35,42)/t17?,19-,20-,21-,23+,24+/m0/s1. The van der Waals surface area contributed by atoms with E-state index in [0.717, 1.165) is 32.1 Å². The third-order valence-electron chi connectivity index (χ3n) is 8.76. The number of fused-ring (bicyclic) bond motifs is 1. The lowest BCUT2D eigenvalue weighted by Gasteiger charge is -2.38. The fourth-order valence-corrected chi connectivity index (χ4v) is 6.22. The Kier molecular flexibility index (Phi) is 10.9. The Morgan fingerprint density at radius 2 is 1.49 bits per heavy atom. The Balaban J connectivity index is 1.85. The van der Waals surface area contributed by atoms with E-state index in [2.05, 4.69) is 21.3 Å². The topological polar surface area (TPSA) is 163 Å². The second-order valence-corrected chi connectivity index (χ2v) is 14.5. The van der Waals surface area contributed by atoms with E-state index in [0.29, 0.717) is 19.4 Å². The highest BCUT2D eigenvalue weighted by atomic mass is 16.5. The molecule has 4 N–H and O–H groups in total. The van der Waals surface area contributed by atoms with Crippen molar-refractivity contribution in [1.82, 2.24) is 26.2 Å². The summed E-state index contributed by atoms with van der Waals surface area (Å²) >= 11 is 0. The molecular formula is C31H51N5O7. The summed E-state index contributed by atoms with van der Waals surface area (Å²) in [6, 6.07) is -3.79. The summed E-state index contributed by atoms with van der Waals surface area (Å²) < 4.78 is 4.71. The molecule has 1 aliphatic heterocycles. The Labute approximate surface area is 255 Å². The van der Waals surface area contributed by atoms with Crippen LogP contribution in [0.15, 0.2) is 0 Å². The zero-order valence-electron chi connectivity index (χ0n) is 27.0. The molecule has 3 fully saturated rings. The number of hydrogen-bond donors (Lipinski definition) is 4. The molecule has 0 aromatic carbocycles. The van der Waals surface area contributed by atoms with Gasteiger partial charge in [0.05, 0.1) is 13.2 Å². The van der Waals surface area contributed by atoms with Crippen molar-refractivity contribution in [3.8, 4) is 0 Å². The van der Waals surface area contributed by atoms with Crippen LogP contribution in [-0.2, 0) is 28.7 Å². The first-order valence-electron chi connectivity index (χ1n) is 15.6. The normalized spacial score (nSPS) is 23.8. The lowest BCUT2D eigenvalue weighted by molar-refractivity contribution is -0.146. The second-order valence-electron chi connectivity index (χ2n) is 14.5. The molecule has 0 bridgehead atoms. The third-order valence-corrected chi connectivity index (χ3v) is 8.76. The molecule has 5 amide bonds. The minimum atomic E-state index is -1.00. The maximum atomic E-state index is 14.3. The molecule has 0 radical (unpaired) electrons. The number of alkyl carbamates (subject to hydrolysis) is 1. The van der Waals surface area contributed by atoms with Gasteiger partial charge < -0.3 is 30.9 Å². The van der Waals surface area contributed by atoms with Crippen molar-refractivity contribution in [1.29, 1.82) is 0 Å². The van der Waals surface area contributed by atoms with Gasteiger partial charge in [-0.05, 0) is 54.8 Å². The van der Waals surface area contributed by atoms with Gasteiger partial charge in [-0.1, -0.05) is 61.3 Å². The summed E-state index contributed by atoms with van der Waals surface area (Å²) in [7, 11) is 1.21. The maximum absolute atomic E-state index is 14.3. The minimum absolute atomic E-state index is 0.0156. The van der Waals surface area contributed by atoms with Crippen LogP contribution in [0.25, 0.3) is 0 Å². The highest BCUT2D eigenvalue weighted by Crippen LogP contribution is 2.43. The number of Topliss-reactive ketones (excluding diaryl/α,β-unsaturated/α-hetero) is 1. The molecule has 43 heavy (non-hydrogen) atoms. The first kappa shape index (κ1) is 34.3. The van der Waals surface area contributed by atoms with Gasteiger partial charge in [0.1, 0.15) is 18.1 Å². The number of rotatable bonds is 11. The van der Waals surface area contributed by atoms with Crippen LogP contribution < -0.4 is 21.3 Å². The number of nitrogens with one attached hydrogen (secondary N) is 4. The number of carbonyl (C=O) groups excluding carboxylic acids is 6. The molecule has 0 spiro atoms. The number of ketones is 1. The summed E-state index contributed by atoms with van der Waals surface area (Å²) in [5.41, 5.74) is -1.43. The summed E-state index contributed by atoms with van der Waals surface area (Å²) in [6.07, 6.45) is 4.39. The first-order valence-corrected chi connectivity index (χ1v) is 15.6. The van der Waals surface area contributed by atoms with Crippen LogP contribution >= 0.6 is 0 Å². The van der Waals surface area contributed by atoms with Gasteiger partial charge in [0, 0.05) is 12.6 Å². The Hall–Kier alpha value is -3.18. The molecule has 3 rings (SSSR count). The summed E-state index contributed by atoms with van der Waals surface area (Å²) in [5, 5.41) is 11.0. The molecule has 12 nitrogen and oxygen atoms in total. The molecule has 0 aromatic heterocycles. The molecular weight excluding hydrogens is 554 g/mol. The highest BCUT2D eigenvalue weighted by Gasteiger charge is 2.52. The largest absolute Gasteiger partial charge is 0.453 e. The molecule has 1 saturated heterocycles. The number of methoxy groups -OCH3 is 1. The molecule has 3 aliphatic rings. The summed E-state index contributed by atoms with van der Waals surface area (Å²) in [6.45, 7) is 13.1. The first-order chi connectivity index (χ1) is 20.0. The highest BCUT2D eigenvalue weighted by molar-refractivity contribution is 6.38. The Morgan fingerprint density at radius 3 is 2.02 bits per heavy atom. The van der Waals surface area contributed by atoms with E-state index in [1.54, 1.807) is 25.7 Å². The molecule has 2 aliphatic carbocycles. The number of ether oxygens (including phenoxy) is 1. The zero-order valence-corrected chi connectivity index (χ0v) is 27.0. The Morgan fingerprint density at radius 1 is 0.860 bits per heavy atom. The average molecular weight is 606 g/mol. The Bertz CT molecular complexity index is 1090. The van der Waals surface area contributed by atoms with E-state index in [1.807, 2.05) is 27.7 Å². The van der Waals surface area contributed by atoms with Gasteiger partial charge >= 0.3 is 6.09 Å². The fraction of sp³-hybridized carbons (Fsp3) is 0.806. The van der Waals surface area contributed by atoms with Gasteiger partial charge in [0.25, 0.3) is 5.91 Å². The molecule has 1 heterocycles. The van der Waals surface area contributed by atoms with E-state index in [-0.39, 0.29) is 17.9 Å². The maximum Gasteiger partial charge on any atom is 0.407 e. The predicted molar refractivity (Wildman–Crippen MR) is 160 cm³/mol. The van der Waals surface area contributed by atoms with Gasteiger partial charge in [-0.15, -0.1) is 0 Å². The second kappa shape index (κ2) is 13.6. The molecule has 2 saturated carbocycles. The number of hydrogen-bond acceptors (Lipinski definition) is 7. The molecule has 0 aromatic rings. The van der Waals surface area contributed by atoms with Crippen molar-refractivity contribution in [3.63, 3.8) is 0 Å². The van der Waals surface area contributed by atoms with Gasteiger partial charge in [0.2, 0.25) is 23.5 Å². The SMILES string of the molecule is CCC[C@H](NC(=O)[C@@H]1[C@H]2CCCC2CN1C(=O)[C@@H](NC(=O)[C@@H](NC(=O)OC)C(C)(C)C)C(C)(C)C)C(=O)C(=O)NC1CC1. The van der Waals surface area contributed by atoms with Crippen molar-refractivity contribution >= 4 is 35.5 Å². The van der Waals surface area contributed by atoms with Crippen molar-refractivity contribution < 1.29 is 33.5 Å². The third kappa shape index (κ3) is 8.47. The van der Waals surface area contributed by atoms with Crippen LogP contribution in [0.3, 0.4) is 0 Å². The van der Waals surface area contributed by atoms with Crippen molar-refractivity contribution in [3.05, 3.63) is 0 Å². The lowest BCUT2D eigenvalue weighted by atomic mass is 9.83. The lowest BCUT2D eigenvalue weighted by Crippen LogP contribution is -2.63. The predicted octanol–water partition coefficient (Wildman–Crippen LogP) is 2.05. The van der Waals surface area contributed by atoms with Crippen LogP contribution in [0.4, 0.5) is 4.79 Å². The van der Waals surface area contributed by atoms with Gasteiger partial charge in [-0.2, -0.15) is 0 Å². The average Bonchev–Trinajstić information content (AvgIpc) is 3.48. The number of carbonyl (C=O) groups is 6. The van der Waals surface area contributed by atoms with E-state index >= 15 is 0 Å². The van der Waals surface area contributed by atoms with Gasteiger partial charge in [-0.25, -0.2) is 4.79 Å². The van der Waals surface area contributed by atoms with Crippen molar-refractivity contribution in [2.45, 2.75) is 124 Å². The monoisotopic (exact) mass is 605 g/mol. The van der Waals surface area contributed by atoms with Crippen LogP contribution in [0.2, 0.25) is 0 Å². The van der Waals surface area contributed by atoms with Gasteiger partial charge in [-0.3, -0.25) is 24.0 Å². The number of amides is 5. The molecule has 12 heteroatoms. The van der Waals surface area contributed by atoms with Crippen LogP contribution in [-0.4, -0.2) is 84.3 Å². The molecule has 242 valence electrons. The van der Waals surface area contributed by atoms with E-state index < -0.39 is 70.5 Å². The van der Waals surface area contributed by atoms with Crippen LogP contribution in [0.5, 0.6) is 0 Å². The minimum Gasteiger partial charge on any atom is -0.453 e. The number of likely N-dealkylation sites (tertiary alicyclic amines) is 1. The van der Waals surface area contributed by atoms with Crippen molar-refractivity contribution in [2.24, 2.45) is 22.7 Å². The molecule has 1 unspecified atom stereocenters.